The molecule has 0 amide bonds. The van der Waals surface area contributed by atoms with E-state index in [4.69, 9.17) is 16.3 Å². The van der Waals surface area contributed by atoms with Gasteiger partial charge in [-0.15, -0.1) is 0 Å². The molecule has 7 nitrogen and oxygen atoms in total. The number of hydrogen-bond acceptors (Lipinski definition) is 6. The number of aromatic nitrogens is 2. The maximum Gasteiger partial charge on any atom is 0.225 e. The highest BCUT2D eigenvalue weighted by atomic mass is 35.5. The Bertz CT molecular complexity index is 922. The molecule has 1 aromatic rings. The zero-order valence-corrected chi connectivity index (χ0v) is 18.9. The van der Waals surface area contributed by atoms with Crippen molar-refractivity contribution in [3.05, 3.63) is 29.1 Å². The molecule has 30 heavy (non-hydrogen) atoms. The van der Waals surface area contributed by atoms with Crippen LogP contribution in [0.1, 0.15) is 25.7 Å². The summed E-state index contributed by atoms with van der Waals surface area (Å²) >= 11 is 5.89. The average Bonchev–Trinajstić information content (AvgIpc) is 3.59. The Morgan fingerprint density at radius 3 is 2.40 bits per heavy atom. The van der Waals surface area contributed by atoms with Crippen molar-refractivity contribution in [2.24, 2.45) is 23.2 Å². The van der Waals surface area contributed by atoms with E-state index in [1.807, 2.05) is 0 Å². The third-order valence-corrected chi connectivity index (χ3v) is 8.81. The van der Waals surface area contributed by atoms with E-state index in [1.165, 1.54) is 19.1 Å². The number of anilines is 1. The van der Waals surface area contributed by atoms with Gasteiger partial charge >= 0.3 is 0 Å². The molecule has 3 fully saturated rings. The molecule has 3 heterocycles. The molecule has 2 aliphatic heterocycles. The van der Waals surface area contributed by atoms with E-state index < -0.39 is 10.0 Å². The van der Waals surface area contributed by atoms with Gasteiger partial charge in [-0.25, -0.2) is 22.7 Å². The average molecular weight is 453 g/mol. The normalized spacial score (nSPS) is 30.1. The summed E-state index contributed by atoms with van der Waals surface area (Å²) in [7, 11) is -3.05. The van der Waals surface area contributed by atoms with Crippen LogP contribution in [0.4, 0.5) is 5.95 Å². The Kier molecular flexibility index (Phi) is 5.32. The van der Waals surface area contributed by atoms with E-state index in [-0.39, 0.29) is 5.41 Å². The van der Waals surface area contributed by atoms with Crippen LogP contribution in [0.15, 0.2) is 24.0 Å². The molecule has 2 saturated heterocycles. The summed E-state index contributed by atoms with van der Waals surface area (Å²) in [6.45, 7) is 4.79. The zero-order chi connectivity index (χ0) is 20.9. The van der Waals surface area contributed by atoms with Crippen LogP contribution in [-0.2, 0) is 14.8 Å². The lowest BCUT2D eigenvalue weighted by molar-refractivity contribution is 0.0582. The lowest BCUT2D eigenvalue weighted by atomic mass is 9.86. The first-order chi connectivity index (χ1) is 14.4. The van der Waals surface area contributed by atoms with Crippen molar-refractivity contribution in [1.82, 2.24) is 14.3 Å². The lowest BCUT2D eigenvalue weighted by Gasteiger charge is -2.33. The minimum atomic E-state index is -3.05. The van der Waals surface area contributed by atoms with Gasteiger partial charge < -0.3 is 9.64 Å². The van der Waals surface area contributed by atoms with E-state index in [0.717, 1.165) is 51.0 Å². The number of nitrogens with zero attached hydrogens (tertiary/aromatic N) is 4. The summed E-state index contributed by atoms with van der Waals surface area (Å²) in [6, 6.07) is 0. The number of hydrogen-bond donors (Lipinski definition) is 0. The van der Waals surface area contributed by atoms with Crippen molar-refractivity contribution >= 4 is 27.6 Å². The molecule has 0 unspecified atom stereocenters. The van der Waals surface area contributed by atoms with Gasteiger partial charge in [-0.05, 0) is 43.4 Å². The van der Waals surface area contributed by atoms with Crippen molar-refractivity contribution < 1.29 is 13.2 Å². The predicted octanol–water partition coefficient (Wildman–Crippen LogP) is 2.59. The quantitative estimate of drug-likeness (QED) is 0.592. The minimum Gasteiger partial charge on any atom is -0.380 e. The van der Waals surface area contributed by atoms with Crippen molar-refractivity contribution in [2.75, 3.05) is 50.5 Å². The first-order valence-corrected chi connectivity index (χ1v) is 13.1. The molecule has 0 radical (unpaired) electrons. The number of rotatable bonds is 7. The second kappa shape index (κ2) is 7.73. The Labute approximate surface area is 183 Å². The van der Waals surface area contributed by atoms with Gasteiger partial charge in [0, 0.05) is 38.2 Å². The van der Waals surface area contributed by atoms with Crippen LogP contribution in [0.25, 0.3) is 0 Å². The fourth-order valence-corrected chi connectivity index (χ4v) is 6.33. The highest BCUT2D eigenvalue weighted by Gasteiger charge is 2.71. The van der Waals surface area contributed by atoms with Crippen molar-refractivity contribution in [3.63, 3.8) is 0 Å². The number of piperidine rings is 2. The molecular formula is C21H29ClN4O3S. The summed E-state index contributed by atoms with van der Waals surface area (Å²) in [5.41, 5.74) is 1.87. The van der Waals surface area contributed by atoms with Crippen LogP contribution in [0.2, 0.25) is 5.02 Å². The molecule has 2 aliphatic carbocycles. The summed E-state index contributed by atoms with van der Waals surface area (Å²) < 4.78 is 31.0. The molecule has 1 saturated carbocycles. The van der Waals surface area contributed by atoms with Crippen LogP contribution >= 0.6 is 11.6 Å². The fraction of sp³-hybridized carbons (Fsp3) is 0.714. The predicted molar refractivity (Wildman–Crippen MR) is 116 cm³/mol. The number of halogens is 1. The summed E-state index contributed by atoms with van der Waals surface area (Å²) in [5, 5.41) is 0.571. The number of ether oxygens (including phenoxy) is 1. The summed E-state index contributed by atoms with van der Waals surface area (Å²) in [5.74, 6) is 2.69. The first kappa shape index (κ1) is 20.7. The Morgan fingerprint density at radius 2 is 1.80 bits per heavy atom. The molecule has 164 valence electrons. The van der Waals surface area contributed by atoms with Gasteiger partial charge in [-0.1, -0.05) is 23.3 Å². The van der Waals surface area contributed by atoms with Gasteiger partial charge in [-0.3, -0.25) is 0 Å². The standard InChI is InChI=1S/C21H29ClN4O3S/c1-30(27,28)26-8-2-15(3-9-26)13-29-14-21-10-18(21)19(21)16-4-6-25(7-5-16)20-23-11-17(22)12-24-20/h10-12,15-16,19H,2-9,13-14H2,1H3/t19-,21-/m0/s1. The molecule has 9 heteroatoms. The molecule has 0 bridgehead atoms. The van der Waals surface area contributed by atoms with Gasteiger partial charge in [0.1, 0.15) is 0 Å². The van der Waals surface area contributed by atoms with E-state index in [1.54, 1.807) is 22.3 Å². The topological polar surface area (TPSA) is 75.6 Å². The molecular weight excluding hydrogens is 424 g/mol. The van der Waals surface area contributed by atoms with Crippen LogP contribution in [0.5, 0.6) is 0 Å². The van der Waals surface area contributed by atoms with Crippen LogP contribution in [-0.4, -0.2) is 68.3 Å². The second-order valence-electron chi connectivity index (χ2n) is 9.26. The number of sulfonamides is 1. The maximum absolute atomic E-state index is 11.6. The van der Waals surface area contributed by atoms with Gasteiger partial charge in [-0.2, -0.15) is 0 Å². The summed E-state index contributed by atoms with van der Waals surface area (Å²) in [4.78, 5) is 10.9. The van der Waals surface area contributed by atoms with Crippen LogP contribution in [0.3, 0.4) is 0 Å². The minimum absolute atomic E-state index is 0.261. The van der Waals surface area contributed by atoms with E-state index in [9.17, 15) is 8.42 Å². The van der Waals surface area contributed by atoms with E-state index in [2.05, 4.69) is 20.9 Å². The highest BCUT2D eigenvalue weighted by molar-refractivity contribution is 7.88. The van der Waals surface area contributed by atoms with Crippen molar-refractivity contribution in [1.29, 1.82) is 0 Å². The Morgan fingerprint density at radius 1 is 1.13 bits per heavy atom. The zero-order valence-electron chi connectivity index (χ0n) is 17.3. The monoisotopic (exact) mass is 452 g/mol. The SMILES string of the molecule is CS(=O)(=O)N1CCC(COC[C@@]23C=C2[C@@H]3C2CCN(c3ncc(Cl)cn3)CC2)CC1. The lowest BCUT2D eigenvalue weighted by Crippen LogP contribution is -2.38. The molecule has 4 aliphatic rings. The number of fused-ring (bicyclic) bond motifs is 1. The van der Waals surface area contributed by atoms with Gasteiger partial charge in [0.05, 0.1) is 30.3 Å². The molecule has 5 rings (SSSR count). The molecule has 1 aromatic heterocycles. The Balaban J connectivity index is 1.03. The van der Waals surface area contributed by atoms with Crippen LogP contribution in [0, 0.1) is 23.2 Å². The molecule has 0 aromatic carbocycles. The second-order valence-corrected chi connectivity index (χ2v) is 11.7. The van der Waals surface area contributed by atoms with E-state index in [0.29, 0.717) is 29.9 Å². The maximum atomic E-state index is 11.6. The third-order valence-electron chi connectivity index (χ3n) is 7.31. The fourth-order valence-electron chi connectivity index (χ4n) is 5.36. The Hall–Kier alpha value is -1.22. The first-order valence-electron chi connectivity index (χ1n) is 10.9. The van der Waals surface area contributed by atoms with Gasteiger partial charge in [0.2, 0.25) is 16.0 Å². The van der Waals surface area contributed by atoms with Crippen molar-refractivity contribution in [2.45, 2.75) is 25.7 Å². The van der Waals surface area contributed by atoms with Gasteiger partial charge in [0.15, 0.2) is 0 Å². The van der Waals surface area contributed by atoms with Crippen molar-refractivity contribution in [3.8, 4) is 0 Å². The molecule has 2 atom stereocenters. The molecule has 0 spiro atoms. The van der Waals surface area contributed by atoms with Crippen LogP contribution < -0.4 is 4.90 Å². The largest absolute Gasteiger partial charge is 0.380 e. The van der Waals surface area contributed by atoms with Gasteiger partial charge in [0.25, 0.3) is 0 Å². The summed E-state index contributed by atoms with van der Waals surface area (Å²) in [6.07, 6.45) is 11.1. The third kappa shape index (κ3) is 3.99. The smallest absolute Gasteiger partial charge is 0.225 e. The molecule has 0 N–H and O–H groups in total. The highest BCUT2D eigenvalue weighted by Crippen LogP contribution is 2.76. The van der Waals surface area contributed by atoms with E-state index >= 15 is 0 Å².